The Morgan fingerprint density at radius 2 is 1.80 bits per heavy atom. The molecule has 3 rings (SSSR count). The van der Waals surface area contributed by atoms with Gasteiger partial charge in [0.1, 0.15) is 0 Å². The van der Waals surface area contributed by atoms with Gasteiger partial charge >= 0.3 is 0 Å². The fourth-order valence-corrected chi connectivity index (χ4v) is 3.12. The van der Waals surface area contributed by atoms with E-state index in [9.17, 15) is 14.7 Å². The van der Waals surface area contributed by atoms with Crippen LogP contribution in [-0.2, 0) is 25.5 Å². The van der Waals surface area contributed by atoms with Gasteiger partial charge in [0.05, 0.1) is 27.9 Å². The molecule has 1 heterocycles. The van der Waals surface area contributed by atoms with Crippen molar-refractivity contribution in [2.75, 3.05) is 27.9 Å². The molecule has 0 saturated carbocycles. The van der Waals surface area contributed by atoms with Crippen LogP contribution < -0.4 is 9.47 Å². The van der Waals surface area contributed by atoms with Gasteiger partial charge in [-0.25, -0.2) is 0 Å². The normalized spacial score (nSPS) is 19.8. The van der Waals surface area contributed by atoms with Gasteiger partial charge in [0.2, 0.25) is 28.8 Å². The third kappa shape index (κ3) is 2.71. The molecule has 1 aromatic carbocycles. The number of phenols is 1. The van der Waals surface area contributed by atoms with Gasteiger partial charge in [-0.3, -0.25) is 9.59 Å². The topological polar surface area (TPSA) is 91.3 Å². The maximum Gasteiger partial charge on any atom is 0.228 e. The minimum Gasteiger partial charge on any atom is -0.504 e. The molecule has 1 N–H and O–H groups in total. The Morgan fingerprint density at radius 3 is 2.44 bits per heavy atom. The summed E-state index contributed by atoms with van der Waals surface area (Å²) in [5, 5.41) is 9.83. The standard InChI is InChI=1S/C18H18O7/c1-22-16-12(19)5-4-9-6-10(8-25-15(9)16)11-7-13(20)17(23-2)18(24-3)14(11)21/h4-5,7,10,19H,6,8H2,1-3H3/t10-/m1/s1. The Kier molecular flexibility index (Phi) is 4.39. The largest absolute Gasteiger partial charge is 0.504 e. The van der Waals surface area contributed by atoms with E-state index in [1.807, 2.05) is 0 Å². The summed E-state index contributed by atoms with van der Waals surface area (Å²) < 4.78 is 20.9. The third-order valence-electron chi connectivity index (χ3n) is 4.31. The predicted octanol–water partition coefficient (Wildman–Crippen LogP) is 1.53. The number of fused-ring (bicyclic) bond motifs is 1. The lowest BCUT2D eigenvalue weighted by molar-refractivity contribution is -0.121. The van der Waals surface area contributed by atoms with Gasteiger partial charge < -0.3 is 24.1 Å². The number of Topliss-reactive ketones (excluding diaryl/α,β-unsaturated/α-hetero) is 1. The molecule has 7 heteroatoms. The predicted molar refractivity (Wildman–Crippen MR) is 86.5 cm³/mol. The lowest BCUT2D eigenvalue weighted by Crippen LogP contribution is -2.31. The molecule has 1 aliphatic carbocycles. The number of aromatic hydroxyl groups is 1. The second-order valence-corrected chi connectivity index (χ2v) is 5.68. The second-order valence-electron chi connectivity index (χ2n) is 5.68. The first kappa shape index (κ1) is 16.9. The molecule has 25 heavy (non-hydrogen) atoms. The quantitative estimate of drug-likeness (QED) is 0.827. The number of allylic oxidation sites excluding steroid dienone is 2. The summed E-state index contributed by atoms with van der Waals surface area (Å²) in [5.41, 5.74) is 1.10. The van der Waals surface area contributed by atoms with E-state index in [0.717, 1.165) is 5.56 Å². The van der Waals surface area contributed by atoms with Crippen molar-refractivity contribution in [3.63, 3.8) is 0 Å². The number of methoxy groups -OCH3 is 3. The van der Waals surface area contributed by atoms with Gasteiger partial charge in [0.15, 0.2) is 11.5 Å². The number of ketones is 2. The highest BCUT2D eigenvalue weighted by molar-refractivity contribution is 6.21. The molecular formula is C18H18O7. The Balaban J connectivity index is 1.93. The van der Waals surface area contributed by atoms with Crippen molar-refractivity contribution in [1.82, 2.24) is 0 Å². The number of phenolic OH excluding ortho intramolecular Hbond substituents is 1. The maximum atomic E-state index is 12.7. The highest BCUT2D eigenvalue weighted by Crippen LogP contribution is 2.43. The van der Waals surface area contributed by atoms with Crippen LogP contribution in [0.3, 0.4) is 0 Å². The van der Waals surface area contributed by atoms with Crippen LogP contribution in [-0.4, -0.2) is 44.6 Å². The summed E-state index contributed by atoms with van der Waals surface area (Å²) in [6.45, 7) is 0.178. The molecule has 1 aliphatic heterocycles. The number of ether oxygens (including phenoxy) is 4. The molecule has 1 aromatic rings. The van der Waals surface area contributed by atoms with Crippen molar-refractivity contribution in [2.24, 2.45) is 5.92 Å². The molecule has 0 radical (unpaired) electrons. The molecule has 0 bridgehead atoms. The fourth-order valence-electron chi connectivity index (χ4n) is 3.12. The molecule has 0 saturated heterocycles. The van der Waals surface area contributed by atoms with Crippen LogP contribution in [0.15, 0.2) is 35.3 Å². The molecule has 2 aliphatic rings. The van der Waals surface area contributed by atoms with Crippen molar-refractivity contribution < 1.29 is 33.6 Å². The Hall–Kier alpha value is -2.96. The number of rotatable bonds is 4. The van der Waals surface area contributed by atoms with Crippen LogP contribution in [0.4, 0.5) is 0 Å². The third-order valence-corrected chi connectivity index (χ3v) is 4.31. The van der Waals surface area contributed by atoms with Crippen molar-refractivity contribution in [2.45, 2.75) is 6.42 Å². The van der Waals surface area contributed by atoms with E-state index in [1.54, 1.807) is 6.07 Å². The Morgan fingerprint density at radius 1 is 1.08 bits per heavy atom. The van der Waals surface area contributed by atoms with E-state index in [4.69, 9.17) is 18.9 Å². The molecule has 1 atom stereocenters. The van der Waals surface area contributed by atoms with Crippen LogP contribution in [0, 0.1) is 5.92 Å². The first-order chi connectivity index (χ1) is 12.0. The fraction of sp³-hybridized carbons (Fsp3) is 0.333. The van der Waals surface area contributed by atoms with E-state index in [-0.39, 0.29) is 41.3 Å². The first-order valence-electron chi connectivity index (χ1n) is 7.66. The van der Waals surface area contributed by atoms with Crippen LogP contribution in [0.2, 0.25) is 0 Å². The monoisotopic (exact) mass is 346 g/mol. The van der Waals surface area contributed by atoms with Crippen molar-refractivity contribution in [3.8, 4) is 17.2 Å². The van der Waals surface area contributed by atoms with Gasteiger partial charge in [0, 0.05) is 11.5 Å². The molecule has 7 nitrogen and oxygen atoms in total. The summed E-state index contributed by atoms with van der Waals surface area (Å²) in [4.78, 5) is 24.9. The van der Waals surface area contributed by atoms with E-state index < -0.39 is 5.78 Å². The average Bonchev–Trinajstić information content (AvgIpc) is 2.62. The maximum absolute atomic E-state index is 12.7. The SMILES string of the molecule is COC1=C(OC)C(=O)C([C@H]2COc3c(ccc(O)c3OC)C2)=CC1=O. The minimum atomic E-state index is -0.414. The number of carbonyl (C=O) groups excluding carboxylic acids is 2. The summed E-state index contributed by atoms with van der Waals surface area (Å²) in [6, 6.07) is 3.22. The van der Waals surface area contributed by atoms with E-state index in [2.05, 4.69) is 0 Å². The summed E-state index contributed by atoms with van der Waals surface area (Å²) >= 11 is 0. The van der Waals surface area contributed by atoms with Crippen LogP contribution in [0.1, 0.15) is 5.56 Å². The minimum absolute atomic E-state index is 0.0165. The first-order valence-corrected chi connectivity index (χ1v) is 7.66. The van der Waals surface area contributed by atoms with E-state index >= 15 is 0 Å². The van der Waals surface area contributed by atoms with Gasteiger partial charge in [0.25, 0.3) is 0 Å². The van der Waals surface area contributed by atoms with Crippen LogP contribution >= 0.6 is 0 Å². The molecular weight excluding hydrogens is 328 g/mol. The smallest absolute Gasteiger partial charge is 0.228 e. The Labute approximate surface area is 144 Å². The number of benzene rings is 1. The molecule has 0 aromatic heterocycles. The van der Waals surface area contributed by atoms with Gasteiger partial charge in [-0.05, 0) is 24.1 Å². The highest BCUT2D eigenvalue weighted by atomic mass is 16.5. The van der Waals surface area contributed by atoms with Crippen LogP contribution in [0.25, 0.3) is 0 Å². The van der Waals surface area contributed by atoms with E-state index in [1.165, 1.54) is 33.5 Å². The highest BCUT2D eigenvalue weighted by Gasteiger charge is 2.37. The van der Waals surface area contributed by atoms with Crippen molar-refractivity contribution in [3.05, 3.63) is 40.9 Å². The lowest BCUT2D eigenvalue weighted by Gasteiger charge is -2.29. The van der Waals surface area contributed by atoms with Gasteiger partial charge in [-0.15, -0.1) is 0 Å². The summed E-state index contributed by atoms with van der Waals surface area (Å²) in [7, 11) is 4.08. The van der Waals surface area contributed by atoms with E-state index in [0.29, 0.717) is 17.7 Å². The number of carbonyl (C=O) groups is 2. The van der Waals surface area contributed by atoms with Crippen molar-refractivity contribution >= 4 is 11.6 Å². The summed E-state index contributed by atoms with van der Waals surface area (Å²) in [5.74, 6) is -0.619. The summed E-state index contributed by atoms with van der Waals surface area (Å²) in [6.07, 6.45) is 1.75. The second kappa shape index (κ2) is 6.51. The molecule has 0 unspecified atom stereocenters. The number of hydrogen-bond donors (Lipinski definition) is 1. The molecule has 132 valence electrons. The molecule has 0 spiro atoms. The molecule has 0 amide bonds. The zero-order valence-electron chi connectivity index (χ0n) is 14.1. The zero-order valence-corrected chi connectivity index (χ0v) is 14.1. The van der Waals surface area contributed by atoms with Gasteiger partial charge in [-0.2, -0.15) is 0 Å². The number of hydrogen-bond acceptors (Lipinski definition) is 7. The lowest BCUT2D eigenvalue weighted by atomic mass is 9.84. The zero-order chi connectivity index (χ0) is 18.1. The van der Waals surface area contributed by atoms with Crippen molar-refractivity contribution in [1.29, 1.82) is 0 Å². The van der Waals surface area contributed by atoms with Crippen LogP contribution in [0.5, 0.6) is 17.2 Å². The average molecular weight is 346 g/mol. The molecule has 0 fully saturated rings. The Bertz CT molecular complexity index is 804. The van der Waals surface area contributed by atoms with Gasteiger partial charge in [-0.1, -0.05) is 6.07 Å².